The molecular weight excluding hydrogens is 375 g/mol. The zero-order chi connectivity index (χ0) is 20.1. The standard InChI is InChI=1S/C19H22F3N3O3/c20-19(21,22)14-4-1-3-13(9-14)6-7-23-18(27)17-10-16(28-24-17)12-25-8-2-5-15(26)11-25/h1,3-4,9-10,15,26H,2,5-8,11-12H2,(H,23,27). The summed E-state index contributed by atoms with van der Waals surface area (Å²) in [5.41, 5.74) is -0.100. The molecule has 1 aliphatic rings. The highest BCUT2D eigenvalue weighted by Gasteiger charge is 2.30. The second kappa shape index (κ2) is 8.74. The summed E-state index contributed by atoms with van der Waals surface area (Å²) in [5, 5.41) is 16.1. The first-order chi connectivity index (χ1) is 13.3. The summed E-state index contributed by atoms with van der Waals surface area (Å²) in [6.45, 7) is 2.04. The Balaban J connectivity index is 1.48. The van der Waals surface area contributed by atoms with Crippen molar-refractivity contribution < 1.29 is 27.6 Å². The predicted octanol–water partition coefficient (Wildman–Crippen LogP) is 2.62. The molecule has 2 aromatic rings. The summed E-state index contributed by atoms with van der Waals surface area (Å²) in [6.07, 6.45) is -2.78. The van der Waals surface area contributed by atoms with E-state index in [1.165, 1.54) is 6.07 Å². The van der Waals surface area contributed by atoms with Crippen molar-refractivity contribution in [2.45, 2.75) is 38.1 Å². The molecule has 1 fully saturated rings. The highest BCUT2D eigenvalue weighted by molar-refractivity contribution is 5.92. The minimum absolute atomic E-state index is 0.122. The largest absolute Gasteiger partial charge is 0.416 e. The molecule has 152 valence electrons. The van der Waals surface area contributed by atoms with Gasteiger partial charge < -0.3 is 14.9 Å². The van der Waals surface area contributed by atoms with Gasteiger partial charge in [0.15, 0.2) is 11.5 Å². The fourth-order valence-electron chi connectivity index (χ4n) is 3.20. The number of hydrogen-bond acceptors (Lipinski definition) is 5. The summed E-state index contributed by atoms with van der Waals surface area (Å²) < 4.78 is 43.4. The van der Waals surface area contributed by atoms with Crippen LogP contribution in [0.2, 0.25) is 0 Å². The maximum absolute atomic E-state index is 12.7. The third-order valence-corrected chi connectivity index (χ3v) is 4.61. The van der Waals surface area contributed by atoms with Crippen LogP contribution in [-0.2, 0) is 19.1 Å². The van der Waals surface area contributed by atoms with Gasteiger partial charge in [0.1, 0.15) is 0 Å². The summed E-state index contributed by atoms with van der Waals surface area (Å²) in [5.74, 6) is 0.0813. The van der Waals surface area contributed by atoms with E-state index < -0.39 is 17.6 Å². The predicted molar refractivity (Wildman–Crippen MR) is 94.5 cm³/mol. The van der Waals surface area contributed by atoms with Crippen LogP contribution >= 0.6 is 0 Å². The Morgan fingerprint density at radius 1 is 1.36 bits per heavy atom. The summed E-state index contributed by atoms with van der Waals surface area (Å²) in [7, 11) is 0. The van der Waals surface area contributed by atoms with Gasteiger partial charge in [0.25, 0.3) is 5.91 Å². The molecule has 1 aliphatic heterocycles. The van der Waals surface area contributed by atoms with Gasteiger partial charge in [-0.1, -0.05) is 23.4 Å². The molecule has 0 spiro atoms. The minimum Gasteiger partial charge on any atom is -0.392 e. The molecule has 1 atom stereocenters. The molecule has 1 saturated heterocycles. The lowest BCUT2D eigenvalue weighted by atomic mass is 10.1. The number of amides is 1. The van der Waals surface area contributed by atoms with E-state index in [2.05, 4.69) is 10.5 Å². The number of alkyl halides is 3. The van der Waals surface area contributed by atoms with Crippen molar-refractivity contribution >= 4 is 5.91 Å². The Morgan fingerprint density at radius 2 is 2.18 bits per heavy atom. The van der Waals surface area contributed by atoms with Gasteiger partial charge in [-0.3, -0.25) is 9.69 Å². The van der Waals surface area contributed by atoms with E-state index in [0.717, 1.165) is 31.5 Å². The average molecular weight is 397 g/mol. The molecule has 28 heavy (non-hydrogen) atoms. The monoisotopic (exact) mass is 397 g/mol. The third-order valence-electron chi connectivity index (χ3n) is 4.61. The Labute approximate surface area is 160 Å². The van der Waals surface area contributed by atoms with Gasteiger partial charge in [-0.25, -0.2) is 0 Å². The Kier molecular flexibility index (Phi) is 6.35. The van der Waals surface area contributed by atoms with Crippen LogP contribution in [-0.4, -0.2) is 46.8 Å². The summed E-state index contributed by atoms with van der Waals surface area (Å²) in [4.78, 5) is 14.2. The van der Waals surface area contributed by atoms with Crippen LogP contribution < -0.4 is 5.32 Å². The number of nitrogens with zero attached hydrogens (tertiary/aromatic N) is 2. The lowest BCUT2D eigenvalue weighted by Gasteiger charge is -2.28. The molecule has 1 aromatic carbocycles. The van der Waals surface area contributed by atoms with Gasteiger partial charge in [-0.2, -0.15) is 13.2 Å². The second-order valence-corrected chi connectivity index (χ2v) is 6.91. The molecule has 1 unspecified atom stereocenters. The van der Waals surface area contributed by atoms with E-state index >= 15 is 0 Å². The van der Waals surface area contributed by atoms with E-state index in [4.69, 9.17) is 4.52 Å². The number of β-amino-alcohol motifs (C(OH)–C–C–N with tert-alkyl or cyclic N) is 1. The maximum Gasteiger partial charge on any atom is 0.416 e. The highest BCUT2D eigenvalue weighted by Crippen LogP contribution is 2.29. The molecule has 0 radical (unpaired) electrons. The van der Waals surface area contributed by atoms with Crippen LogP contribution in [0.4, 0.5) is 13.2 Å². The first-order valence-corrected chi connectivity index (χ1v) is 9.11. The number of benzene rings is 1. The van der Waals surface area contributed by atoms with Crippen molar-refractivity contribution in [3.8, 4) is 0 Å². The third kappa shape index (κ3) is 5.56. The number of carbonyl (C=O) groups is 1. The van der Waals surface area contributed by atoms with E-state index in [1.54, 1.807) is 12.1 Å². The lowest BCUT2D eigenvalue weighted by molar-refractivity contribution is -0.137. The number of carbonyl (C=O) groups excluding carboxylic acids is 1. The number of likely N-dealkylation sites (tertiary alicyclic amines) is 1. The van der Waals surface area contributed by atoms with Crippen molar-refractivity contribution in [3.63, 3.8) is 0 Å². The number of rotatable bonds is 6. The van der Waals surface area contributed by atoms with Crippen molar-refractivity contribution in [1.29, 1.82) is 0 Å². The molecule has 2 heterocycles. The minimum atomic E-state index is -4.39. The maximum atomic E-state index is 12.7. The normalized spacial score (nSPS) is 18.2. The number of piperidine rings is 1. The second-order valence-electron chi connectivity index (χ2n) is 6.91. The summed E-state index contributed by atoms with van der Waals surface area (Å²) in [6, 6.07) is 6.57. The lowest BCUT2D eigenvalue weighted by Crippen LogP contribution is -2.37. The van der Waals surface area contributed by atoms with E-state index in [9.17, 15) is 23.1 Å². The molecule has 1 amide bonds. The van der Waals surface area contributed by atoms with Crippen molar-refractivity contribution in [2.24, 2.45) is 0 Å². The Hall–Kier alpha value is -2.39. The van der Waals surface area contributed by atoms with Crippen LogP contribution in [0, 0.1) is 0 Å². The molecular formula is C19H22F3N3O3. The van der Waals surface area contributed by atoms with Crippen LogP contribution in [0.3, 0.4) is 0 Å². The Bertz CT molecular complexity index is 807. The van der Waals surface area contributed by atoms with Crippen molar-refractivity contribution in [1.82, 2.24) is 15.4 Å². The van der Waals surface area contributed by atoms with Gasteiger partial charge in [0, 0.05) is 19.2 Å². The van der Waals surface area contributed by atoms with Gasteiger partial charge in [0.05, 0.1) is 18.2 Å². The number of aromatic nitrogens is 1. The van der Waals surface area contributed by atoms with Gasteiger partial charge in [0.2, 0.25) is 0 Å². The van der Waals surface area contributed by atoms with Gasteiger partial charge >= 0.3 is 6.18 Å². The highest BCUT2D eigenvalue weighted by atomic mass is 19.4. The number of hydrogen-bond donors (Lipinski definition) is 2. The van der Waals surface area contributed by atoms with E-state index in [1.807, 2.05) is 4.90 Å². The molecule has 2 N–H and O–H groups in total. The van der Waals surface area contributed by atoms with E-state index in [-0.39, 0.29) is 24.8 Å². The first-order valence-electron chi connectivity index (χ1n) is 9.11. The molecule has 0 bridgehead atoms. The molecule has 6 nitrogen and oxygen atoms in total. The van der Waals surface area contributed by atoms with Crippen LogP contribution in [0.1, 0.15) is 40.2 Å². The molecule has 9 heteroatoms. The first kappa shape index (κ1) is 20.3. The Morgan fingerprint density at radius 3 is 2.93 bits per heavy atom. The SMILES string of the molecule is O=C(NCCc1cccc(C(F)(F)F)c1)c1cc(CN2CCCC(O)C2)on1. The van der Waals surface area contributed by atoms with Crippen LogP contribution in [0.5, 0.6) is 0 Å². The number of nitrogens with one attached hydrogen (secondary N) is 1. The van der Waals surface area contributed by atoms with Gasteiger partial charge in [-0.15, -0.1) is 0 Å². The number of halogens is 3. The van der Waals surface area contributed by atoms with Crippen LogP contribution in [0.15, 0.2) is 34.9 Å². The van der Waals surface area contributed by atoms with Gasteiger partial charge in [-0.05, 0) is 37.4 Å². The number of aliphatic hydroxyl groups excluding tert-OH is 1. The summed E-state index contributed by atoms with van der Waals surface area (Å²) >= 11 is 0. The molecule has 1 aromatic heterocycles. The fourth-order valence-corrected chi connectivity index (χ4v) is 3.20. The van der Waals surface area contributed by atoms with Crippen molar-refractivity contribution in [3.05, 3.63) is 52.9 Å². The fraction of sp³-hybridized carbons (Fsp3) is 0.474. The zero-order valence-electron chi connectivity index (χ0n) is 15.2. The average Bonchev–Trinajstić information content (AvgIpc) is 3.10. The topological polar surface area (TPSA) is 78.6 Å². The number of aliphatic hydroxyl groups is 1. The van der Waals surface area contributed by atoms with E-state index in [0.29, 0.717) is 24.4 Å². The molecule has 0 saturated carbocycles. The quantitative estimate of drug-likeness (QED) is 0.784. The van der Waals surface area contributed by atoms with Crippen molar-refractivity contribution in [2.75, 3.05) is 19.6 Å². The van der Waals surface area contributed by atoms with Crippen LogP contribution in [0.25, 0.3) is 0 Å². The smallest absolute Gasteiger partial charge is 0.392 e. The molecule has 0 aliphatic carbocycles. The molecule has 3 rings (SSSR count). The zero-order valence-corrected chi connectivity index (χ0v) is 15.2.